The molecular weight excluding hydrogens is 262 g/mol. The predicted molar refractivity (Wildman–Crippen MR) is 87.9 cm³/mol. The summed E-state index contributed by atoms with van der Waals surface area (Å²) < 4.78 is 5.36. The molecule has 4 nitrogen and oxygen atoms in total. The van der Waals surface area contributed by atoms with E-state index < -0.39 is 0 Å². The fraction of sp³-hybridized carbons (Fsp3) is 0.647. The van der Waals surface area contributed by atoms with Crippen molar-refractivity contribution >= 4 is 0 Å². The van der Waals surface area contributed by atoms with E-state index in [0.29, 0.717) is 12.1 Å². The van der Waals surface area contributed by atoms with E-state index in [1.54, 1.807) is 7.11 Å². The third-order valence-corrected chi connectivity index (χ3v) is 4.43. The molecule has 1 saturated heterocycles. The van der Waals surface area contributed by atoms with Gasteiger partial charge >= 0.3 is 0 Å². The third kappa shape index (κ3) is 4.43. The number of rotatable bonds is 6. The van der Waals surface area contributed by atoms with E-state index in [2.05, 4.69) is 54.2 Å². The highest BCUT2D eigenvalue weighted by Gasteiger charge is 2.23. The lowest BCUT2D eigenvalue weighted by molar-refractivity contribution is 0.0970. The Morgan fingerprint density at radius 3 is 2.86 bits per heavy atom. The second-order valence-corrected chi connectivity index (χ2v) is 5.98. The topological polar surface area (TPSA) is 27.7 Å². The van der Waals surface area contributed by atoms with Gasteiger partial charge in [-0.3, -0.25) is 4.90 Å². The number of likely N-dealkylation sites (N-methyl/N-ethyl adjacent to an activating group) is 2. The number of ether oxygens (including phenoxy) is 1. The first kappa shape index (κ1) is 16.3. The highest BCUT2D eigenvalue weighted by Crippen LogP contribution is 2.21. The van der Waals surface area contributed by atoms with Crippen molar-refractivity contribution in [2.75, 3.05) is 46.9 Å². The van der Waals surface area contributed by atoms with Crippen molar-refractivity contribution in [2.24, 2.45) is 0 Å². The molecule has 0 spiro atoms. The quantitative estimate of drug-likeness (QED) is 0.867. The van der Waals surface area contributed by atoms with Crippen LogP contribution in [-0.2, 0) is 0 Å². The van der Waals surface area contributed by atoms with Gasteiger partial charge in [0, 0.05) is 38.3 Å². The van der Waals surface area contributed by atoms with E-state index in [4.69, 9.17) is 4.74 Å². The van der Waals surface area contributed by atoms with Crippen LogP contribution in [0.1, 0.15) is 25.5 Å². The van der Waals surface area contributed by atoms with E-state index in [9.17, 15) is 0 Å². The Labute approximate surface area is 129 Å². The van der Waals surface area contributed by atoms with Crippen LogP contribution in [-0.4, -0.2) is 62.7 Å². The molecule has 1 N–H and O–H groups in total. The maximum absolute atomic E-state index is 5.36. The molecule has 0 radical (unpaired) electrons. The summed E-state index contributed by atoms with van der Waals surface area (Å²) in [5.41, 5.74) is 1.31. The summed E-state index contributed by atoms with van der Waals surface area (Å²) in [5.74, 6) is 0.933. The van der Waals surface area contributed by atoms with Crippen molar-refractivity contribution in [3.8, 4) is 5.75 Å². The Balaban J connectivity index is 2.04. The predicted octanol–water partition coefficient (Wildman–Crippen LogP) is 1.98. The Bertz CT molecular complexity index is 438. The first-order valence-corrected chi connectivity index (χ1v) is 7.94. The van der Waals surface area contributed by atoms with Gasteiger partial charge in [0.05, 0.1) is 7.11 Å². The van der Waals surface area contributed by atoms with Crippen LogP contribution >= 0.6 is 0 Å². The second-order valence-electron chi connectivity index (χ2n) is 5.98. The maximum atomic E-state index is 5.36. The molecule has 1 aromatic rings. The van der Waals surface area contributed by atoms with Crippen molar-refractivity contribution in [2.45, 2.75) is 25.9 Å². The molecule has 4 heteroatoms. The summed E-state index contributed by atoms with van der Waals surface area (Å²) in [6.45, 7) is 9.94. The molecule has 2 unspecified atom stereocenters. The normalized spacial score (nSPS) is 22.2. The SMILES string of the molecule is CCNC(CN1CCN(C)C(C)C1)c1cccc(OC)c1. The molecule has 1 aliphatic rings. The lowest BCUT2D eigenvalue weighted by atomic mass is 10.0. The van der Waals surface area contributed by atoms with Crippen LogP contribution in [0.25, 0.3) is 0 Å². The summed E-state index contributed by atoms with van der Waals surface area (Å²) >= 11 is 0. The Hall–Kier alpha value is -1.10. The molecule has 1 aromatic carbocycles. The van der Waals surface area contributed by atoms with Gasteiger partial charge in [-0.25, -0.2) is 0 Å². The molecule has 0 aromatic heterocycles. The Kier molecular flexibility index (Phi) is 6.03. The second kappa shape index (κ2) is 7.78. The van der Waals surface area contributed by atoms with Crippen molar-refractivity contribution < 1.29 is 4.74 Å². The van der Waals surface area contributed by atoms with Crippen LogP contribution in [0, 0.1) is 0 Å². The van der Waals surface area contributed by atoms with Crippen LogP contribution in [0.5, 0.6) is 5.75 Å². The lowest BCUT2D eigenvalue weighted by Crippen LogP contribution is -2.51. The van der Waals surface area contributed by atoms with Crippen LogP contribution in [0.2, 0.25) is 0 Å². The summed E-state index contributed by atoms with van der Waals surface area (Å²) in [7, 11) is 3.94. The zero-order valence-corrected chi connectivity index (χ0v) is 13.8. The summed E-state index contributed by atoms with van der Waals surface area (Å²) in [5, 5.41) is 3.61. The van der Waals surface area contributed by atoms with Crippen LogP contribution in [0.3, 0.4) is 0 Å². The molecular formula is C17H29N3O. The van der Waals surface area contributed by atoms with Crippen molar-refractivity contribution in [3.05, 3.63) is 29.8 Å². The minimum Gasteiger partial charge on any atom is -0.497 e. The molecule has 0 bridgehead atoms. The first-order chi connectivity index (χ1) is 10.1. The highest BCUT2D eigenvalue weighted by molar-refractivity contribution is 5.30. The molecule has 0 saturated carbocycles. The van der Waals surface area contributed by atoms with Crippen LogP contribution in [0.4, 0.5) is 0 Å². The van der Waals surface area contributed by atoms with E-state index in [0.717, 1.165) is 38.5 Å². The van der Waals surface area contributed by atoms with Crippen LogP contribution in [0.15, 0.2) is 24.3 Å². The Morgan fingerprint density at radius 2 is 2.19 bits per heavy atom. The van der Waals surface area contributed by atoms with Gasteiger partial charge in [0.1, 0.15) is 5.75 Å². The van der Waals surface area contributed by atoms with Crippen molar-refractivity contribution in [1.29, 1.82) is 0 Å². The molecule has 1 fully saturated rings. The number of nitrogens with one attached hydrogen (secondary N) is 1. The lowest BCUT2D eigenvalue weighted by Gasteiger charge is -2.39. The number of benzene rings is 1. The minimum atomic E-state index is 0.362. The van der Waals surface area contributed by atoms with Gasteiger partial charge in [0.15, 0.2) is 0 Å². The molecule has 1 aliphatic heterocycles. The molecule has 21 heavy (non-hydrogen) atoms. The van der Waals surface area contributed by atoms with E-state index in [-0.39, 0.29) is 0 Å². The fourth-order valence-corrected chi connectivity index (χ4v) is 2.94. The van der Waals surface area contributed by atoms with Gasteiger partial charge in [0.2, 0.25) is 0 Å². The minimum absolute atomic E-state index is 0.362. The van der Waals surface area contributed by atoms with E-state index in [1.165, 1.54) is 5.56 Å². The molecule has 1 heterocycles. The van der Waals surface area contributed by atoms with Crippen molar-refractivity contribution in [1.82, 2.24) is 15.1 Å². The molecule has 2 atom stereocenters. The molecule has 2 rings (SSSR count). The van der Waals surface area contributed by atoms with Gasteiger partial charge in [-0.15, -0.1) is 0 Å². The van der Waals surface area contributed by atoms with Gasteiger partial charge in [0.25, 0.3) is 0 Å². The first-order valence-electron chi connectivity index (χ1n) is 7.94. The van der Waals surface area contributed by atoms with E-state index >= 15 is 0 Å². The average Bonchev–Trinajstić information content (AvgIpc) is 2.50. The Morgan fingerprint density at radius 1 is 1.38 bits per heavy atom. The monoisotopic (exact) mass is 291 g/mol. The van der Waals surface area contributed by atoms with Gasteiger partial charge in [-0.2, -0.15) is 0 Å². The number of hydrogen-bond acceptors (Lipinski definition) is 4. The average molecular weight is 291 g/mol. The fourth-order valence-electron chi connectivity index (χ4n) is 2.94. The number of hydrogen-bond donors (Lipinski definition) is 1. The van der Waals surface area contributed by atoms with Crippen LogP contribution < -0.4 is 10.1 Å². The molecule has 118 valence electrons. The van der Waals surface area contributed by atoms with Gasteiger partial charge in [-0.1, -0.05) is 19.1 Å². The molecule has 0 aliphatic carbocycles. The molecule has 0 amide bonds. The zero-order valence-electron chi connectivity index (χ0n) is 13.8. The van der Waals surface area contributed by atoms with E-state index in [1.807, 2.05) is 6.07 Å². The van der Waals surface area contributed by atoms with Gasteiger partial charge < -0.3 is 15.0 Å². The largest absolute Gasteiger partial charge is 0.497 e. The van der Waals surface area contributed by atoms with Crippen molar-refractivity contribution in [3.63, 3.8) is 0 Å². The zero-order chi connectivity index (χ0) is 15.2. The number of nitrogens with zero attached hydrogens (tertiary/aromatic N) is 2. The highest BCUT2D eigenvalue weighted by atomic mass is 16.5. The summed E-state index contributed by atoms with van der Waals surface area (Å²) in [6, 6.07) is 9.41. The standard InChI is InChI=1S/C17H29N3O/c1-5-18-17(15-7-6-8-16(11-15)21-4)13-20-10-9-19(3)14(2)12-20/h6-8,11,14,17-18H,5,9-10,12-13H2,1-4H3. The van der Waals surface area contributed by atoms with Gasteiger partial charge in [-0.05, 0) is 38.2 Å². The maximum Gasteiger partial charge on any atom is 0.119 e. The number of piperazine rings is 1. The number of methoxy groups -OCH3 is 1. The summed E-state index contributed by atoms with van der Waals surface area (Å²) in [6.07, 6.45) is 0. The smallest absolute Gasteiger partial charge is 0.119 e. The summed E-state index contributed by atoms with van der Waals surface area (Å²) in [4.78, 5) is 5.00. The third-order valence-electron chi connectivity index (χ3n) is 4.43.